The lowest BCUT2D eigenvalue weighted by Gasteiger charge is -2.25. The number of hydrogen-bond donors (Lipinski definition) is 1. The Bertz CT molecular complexity index is 812. The number of rotatable bonds is 3. The van der Waals surface area contributed by atoms with Gasteiger partial charge in [-0.15, -0.1) is 0 Å². The highest BCUT2D eigenvalue weighted by Crippen LogP contribution is 2.45. The predicted molar refractivity (Wildman–Crippen MR) is 91.4 cm³/mol. The number of amides is 2. The molecule has 2 atom stereocenters. The van der Waals surface area contributed by atoms with E-state index in [9.17, 15) is 19.5 Å². The summed E-state index contributed by atoms with van der Waals surface area (Å²) in [5, 5.41) is 14.2. The molecule has 0 bridgehead atoms. The van der Waals surface area contributed by atoms with Gasteiger partial charge in [-0.05, 0) is 26.7 Å². The van der Waals surface area contributed by atoms with Gasteiger partial charge in [-0.25, -0.2) is 0 Å². The number of aromatic nitrogens is 2. The Kier molecular flexibility index (Phi) is 3.65. The third-order valence-corrected chi connectivity index (χ3v) is 6.28. The van der Waals surface area contributed by atoms with Crippen molar-refractivity contribution < 1.29 is 19.5 Å². The Morgan fingerprint density at radius 1 is 1.12 bits per heavy atom. The van der Waals surface area contributed by atoms with E-state index in [1.807, 2.05) is 6.92 Å². The zero-order valence-corrected chi connectivity index (χ0v) is 15.4. The number of aryl methyl sites for hydroxylation is 2. The molecule has 0 aromatic carbocycles. The highest BCUT2D eigenvalue weighted by atomic mass is 16.4. The van der Waals surface area contributed by atoms with Crippen LogP contribution in [-0.2, 0) is 16.6 Å². The van der Waals surface area contributed by atoms with E-state index in [4.69, 9.17) is 0 Å². The van der Waals surface area contributed by atoms with Gasteiger partial charge < -0.3 is 14.9 Å². The Morgan fingerprint density at radius 3 is 2.23 bits per heavy atom. The molecule has 3 aliphatic rings. The van der Waals surface area contributed by atoms with E-state index in [0.29, 0.717) is 24.3 Å². The summed E-state index contributed by atoms with van der Waals surface area (Å²) < 4.78 is 1.67. The van der Waals surface area contributed by atoms with Crippen molar-refractivity contribution in [3.63, 3.8) is 0 Å². The van der Waals surface area contributed by atoms with Crippen LogP contribution < -0.4 is 0 Å². The number of aliphatic carboxylic acids is 1. The van der Waals surface area contributed by atoms with Crippen molar-refractivity contribution in [2.45, 2.75) is 26.7 Å². The maximum absolute atomic E-state index is 13.0. The van der Waals surface area contributed by atoms with Gasteiger partial charge in [-0.2, -0.15) is 5.10 Å². The lowest BCUT2D eigenvalue weighted by molar-refractivity contribution is -0.149. The molecule has 2 amide bonds. The van der Waals surface area contributed by atoms with Crippen LogP contribution in [0, 0.1) is 31.1 Å². The number of carbonyl (C=O) groups excluding carboxylic acids is 2. The highest BCUT2D eigenvalue weighted by molar-refractivity contribution is 5.97. The molecule has 26 heavy (non-hydrogen) atoms. The van der Waals surface area contributed by atoms with Crippen LogP contribution in [0.15, 0.2) is 0 Å². The fourth-order valence-electron chi connectivity index (χ4n) is 4.52. The van der Waals surface area contributed by atoms with Crippen molar-refractivity contribution in [3.05, 3.63) is 17.0 Å². The molecule has 0 spiro atoms. The number of fused-ring (bicyclic) bond motifs is 1. The minimum atomic E-state index is -1.05. The zero-order valence-electron chi connectivity index (χ0n) is 15.4. The molecule has 8 nitrogen and oxygen atoms in total. The summed E-state index contributed by atoms with van der Waals surface area (Å²) in [5.74, 6) is -1.13. The average molecular weight is 360 g/mol. The van der Waals surface area contributed by atoms with E-state index < -0.39 is 11.4 Å². The van der Waals surface area contributed by atoms with Gasteiger partial charge in [-0.1, -0.05) is 0 Å². The first-order chi connectivity index (χ1) is 12.2. The van der Waals surface area contributed by atoms with E-state index in [1.54, 1.807) is 28.5 Å². The van der Waals surface area contributed by atoms with Crippen molar-refractivity contribution in [2.24, 2.45) is 24.3 Å². The minimum Gasteiger partial charge on any atom is -0.481 e. The van der Waals surface area contributed by atoms with E-state index in [-0.39, 0.29) is 36.7 Å². The van der Waals surface area contributed by atoms with Crippen molar-refractivity contribution >= 4 is 17.8 Å². The molecular formula is C18H24N4O4. The zero-order chi connectivity index (χ0) is 18.8. The molecule has 1 N–H and O–H groups in total. The topological polar surface area (TPSA) is 95.7 Å². The third-order valence-electron chi connectivity index (χ3n) is 6.28. The molecule has 2 aliphatic heterocycles. The Morgan fingerprint density at radius 2 is 1.73 bits per heavy atom. The molecule has 2 saturated heterocycles. The molecule has 1 aromatic rings. The predicted octanol–water partition coefficient (Wildman–Crippen LogP) is 0.432. The molecule has 0 unspecified atom stereocenters. The molecule has 3 heterocycles. The van der Waals surface area contributed by atoms with E-state index in [2.05, 4.69) is 5.10 Å². The molecular weight excluding hydrogens is 336 g/mol. The van der Waals surface area contributed by atoms with Crippen molar-refractivity contribution in [2.75, 3.05) is 26.2 Å². The second-order valence-electron chi connectivity index (χ2n) is 8.01. The van der Waals surface area contributed by atoms with E-state index in [0.717, 1.165) is 18.5 Å². The van der Waals surface area contributed by atoms with E-state index >= 15 is 0 Å². The van der Waals surface area contributed by atoms with Crippen molar-refractivity contribution in [3.8, 4) is 0 Å². The van der Waals surface area contributed by atoms with Crippen molar-refractivity contribution in [1.82, 2.24) is 19.6 Å². The van der Waals surface area contributed by atoms with Crippen LogP contribution in [0.2, 0.25) is 0 Å². The number of nitrogens with zero attached hydrogens (tertiary/aromatic N) is 4. The fourth-order valence-corrected chi connectivity index (χ4v) is 4.52. The van der Waals surface area contributed by atoms with Gasteiger partial charge in [-0.3, -0.25) is 19.1 Å². The lowest BCUT2D eigenvalue weighted by Crippen LogP contribution is -2.43. The number of carbonyl (C=O) groups is 3. The van der Waals surface area contributed by atoms with Crippen LogP contribution in [-0.4, -0.2) is 68.6 Å². The maximum atomic E-state index is 13.0. The average Bonchev–Trinajstić information content (AvgIpc) is 3.18. The van der Waals surface area contributed by atoms with Gasteiger partial charge in [0, 0.05) is 50.8 Å². The number of carboxylic acids is 1. The van der Waals surface area contributed by atoms with Crippen LogP contribution in [0.5, 0.6) is 0 Å². The summed E-state index contributed by atoms with van der Waals surface area (Å²) in [7, 11) is 1.79. The lowest BCUT2D eigenvalue weighted by atomic mass is 9.81. The molecule has 0 radical (unpaired) electrons. The smallest absolute Gasteiger partial charge is 0.313 e. The first-order valence-electron chi connectivity index (χ1n) is 9.06. The van der Waals surface area contributed by atoms with Crippen LogP contribution in [0.4, 0.5) is 0 Å². The molecule has 1 aromatic heterocycles. The van der Waals surface area contributed by atoms with Gasteiger partial charge in [0.25, 0.3) is 5.91 Å². The highest BCUT2D eigenvalue weighted by Gasteiger charge is 2.60. The number of carboxylic acid groups (broad SMARTS) is 1. The molecule has 140 valence electrons. The molecule has 8 heteroatoms. The van der Waals surface area contributed by atoms with Gasteiger partial charge in [0.2, 0.25) is 5.91 Å². The molecule has 4 rings (SSSR count). The first-order valence-corrected chi connectivity index (χ1v) is 9.06. The summed E-state index contributed by atoms with van der Waals surface area (Å²) in [6.45, 7) is 4.78. The SMILES string of the molecule is Cc1nn(C)c(C)c1C(=O)N1C[C@@H]2CN(C(=O)C3CC3)C[C@]2(C(=O)O)C1. The summed E-state index contributed by atoms with van der Waals surface area (Å²) in [4.78, 5) is 40.9. The van der Waals surface area contributed by atoms with Gasteiger partial charge in [0.05, 0.1) is 11.3 Å². The van der Waals surface area contributed by atoms with E-state index in [1.165, 1.54) is 0 Å². The van der Waals surface area contributed by atoms with Crippen LogP contribution >= 0.6 is 0 Å². The standard InChI is InChI=1S/C18H24N4O4/c1-10-14(11(2)20(3)19-10)16(24)22-7-13-6-21(15(23)12-4-5-12)8-18(13,9-22)17(25)26/h12-13H,4-9H2,1-3H3,(H,25,26)/t13-,18-/m0/s1. The number of hydrogen-bond acceptors (Lipinski definition) is 4. The van der Waals surface area contributed by atoms with Gasteiger partial charge in [0.1, 0.15) is 5.41 Å². The van der Waals surface area contributed by atoms with Crippen molar-refractivity contribution in [1.29, 1.82) is 0 Å². The maximum Gasteiger partial charge on any atom is 0.313 e. The van der Waals surface area contributed by atoms with Crippen LogP contribution in [0.3, 0.4) is 0 Å². The normalized spacial score (nSPS) is 27.7. The Balaban J connectivity index is 1.57. The van der Waals surface area contributed by atoms with Gasteiger partial charge >= 0.3 is 5.97 Å². The Hall–Kier alpha value is -2.38. The summed E-state index contributed by atoms with van der Waals surface area (Å²) >= 11 is 0. The monoisotopic (exact) mass is 360 g/mol. The third kappa shape index (κ3) is 2.34. The second-order valence-corrected chi connectivity index (χ2v) is 8.01. The summed E-state index contributed by atoms with van der Waals surface area (Å²) in [6, 6.07) is 0. The second kappa shape index (κ2) is 5.56. The number of likely N-dealkylation sites (tertiary alicyclic amines) is 2. The van der Waals surface area contributed by atoms with Gasteiger partial charge in [0.15, 0.2) is 0 Å². The summed E-state index contributed by atoms with van der Waals surface area (Å²) in [6.07, 6.45) is 1.81. The molecule has 1 aliphatic carbocycles. The molecule has 3 fully saturated rings. The van der Waals surface area contributed by atoms with Crippen LogP contribution in [0.1, 0.15) is 34.6 Å². The first kappa shape index (κ1) is 17.1. The molecule has 1 saturated carbocycles. The van der Waals surface area contributed by atoms with Crippen LogP contribution in [0.25, 0.3) is 0 Å². The largest absolute Gasteiger partial charge is 0.481 e. The fraction of sp³-hybridized carbons (Fsp3) is 0.667. The Labute approximate surface area is 151 Å². The quantitative estimate of drug-likeness (QED) is 0.843. The minimum absolute atomic E-state index is 0.0804. The summed E-state index contributed by atoms with van der Waals surface area (Å²) in [5.41, 5.74) is 0.935.